The molecule has 1 aromatic rings. The molecule has 4 unspecified atom stereocenters. The molecule has 0 aromatic carbocycles. The van der Waals surface area contributed by atoms with Crippen LogP contribution < -0.4 is 10.6 Å². The molecule has 2 aliphatic carbocycles. The van der Waals surface area contributed by atoms with Gasteiger partial charge in [0.1, 0.15) is 5.60 Å². The summed E-state index contributed by atoms with van der Waals surface area (Å²) in [6.45, 7) is 5.83. The highest BCUT2D eigenvalue weighted by atomic mass is 127. The number of fused-ring (bicyclic) bond motifs is 2. The third-order valence-corrected chi connectivity index (χ3v) is 6.54. The van der Waals surface area contributed by atoms with Gasteiger partial charge in [0.05, 0.1) is 18.8 Å². The molecule has 0 bridgehead atoms. The number of rotatable bonds is 5. The van der Waals surface area contributed by atoms with Gasteiger partial charge in [0.25, 0.3) is 0 Å². The van der Waals surface area contributed by atoms with Crippen LogP contribution >= 0.6 is 24.0 Å². The molecule has 3 aliphatic rings. The summed E-state index contributed by atoms with van der Waals surface area (Å²) < 4.78 is 7.71. The minimum Gasteiger partial charge on any atom is -0.383 e. The summed E-state index contributed by atoms with van der Waals surface area (Å²) in [4.78, 5) is 4.70. The smallest absolute Gasteiger partial charge is 0.191 e. The first-order chi connectivity index (χ1) is 12.5. The number of ether oxygens (including phenoxy) is 1. The van der Waals surface area contributed by atoms with Gasteiger partial charge < -0.3 is 20.5 Å². The quantitative estimate of drug-likeness (QED) is 0.334. The Kier molecular flexibility index (Phi) is 6.08. The summed E-state index contributed by atoms with van der Waals surface area (Å²) in [6.07, 6.45) is 8.91. The second-order valence-corrected chi connectivity index (χ2v) is 8.32. The molecule has 1 aromatic heterocycles. The van der Waals surface area contributed by atoms with Crippen LogP contribution in [0.15, 0.2) is 17.4 Å². The van der Waals surface area contributed by atoms with Crippen molar-refractivity contribution in [3.8, 4) is 0 Å². The van der Waals surface area contributed by atoms with Crippen LogP contribution in [0.3, 0.4) is 0 Å². The Balaban J connectivity index is 0.00000210. The molecule has 4 rings (SSSR count). The standard InChI is InChI=1S/C19H31N5O2.HI/c1-4-20-17(21-12-18(2,25)13-10-22-24(3)11-13)23-15-14-6-9-26-16(14)19(15)7-5-8-19;/h10-11,14-16,25H,4-9,12H2,1-3H3,(H2,20,21,23);1H. The van der Waals surface area contributed by atoms with E-state index < -0.39 is 5.60 Å². The molecular formula is C19H32IN5O2. The molecule has 3 fully saturated rings. The summed E-state index contributed by atoms with van der Waals surface area (Å²) in [5.74, 6) is 1.39. The van der Waals surface area contributed by atoms with E-state index in [1.807, 2.05) is 13.2 Å². The lowest BCUT2D eigenvalue weighted by molar-refractivity contribution is -0.171. The molecule has 2 heterocycles. The minimum absolute atomic E-state index is 0. The van der Waals surface area contributed by atoms with Gasteiger partial charge in [0, 0.05) is 49.3 Å². The molecule has 0 amide bonds. The van der Waals surface area contributed by atoms with E-state index in [2.05, 4.69) is 22.7 Å². The third kappa shape index (κ3) is 3.60. The third-order valence-electron chi connectivity index (χ3n) is 6.54. The summed E-state index contributed by atoms with van der Waals surface area (Å²) in [6, 6.07) is 0.435. The van der Waals surface area contributed by atoms with Gasteiger partial charge in [-0.1, -0.05) is 6.42 Å². The van der Waals surface area contributed by atoms with Crippen molar-refractivity contribution < 1.29 is 9.84 Å². The molecule has 2 saturated carbocycles. The van der Waals surface area contributed by atoms with Gasteiger partial charge in [-0.15, -0.1) is 24.0 Å². The number of nitrogens with zero attached hydrogens (tertiary/aromatic N) is 3. The fourth-order valence-corrected chi connectivity index (χ4v) is 4.95. The van der Waals surface area contributed by atoms with E-state index in [0.717, 1.165) is 31.1 Å². The Bertz CT molecular complexity index is 685. The van der Waals surface area contributed by atoms with Gasteiger partial charge in [-0.2, -0.15) is 5.10 Å². The Morgan fingerprint density at radius 1 is 1.52 bits per heavy atom. The minimum atomic E-state index is -1.04. The molecule has 1 saturated heterocycles. The monoisotopic (exact) mass is 489 g/mol. The van der Waals surface area contributed by atoms with Crippen LogP contribution in [0, 0.1) is 11.3 Å². The lowest BCUT2D eigenvalue weighted by Crippen LogP contribution is -2.72. The van der Waals surface area contributed by atoms with Crippen molar-refractivity contribution in [2.24, 2.45) is 23.4 Å². The average molecular weight is 489 g/mol. The highest BCUT2D eigenvalue weighted by Gasteiger charge is 2.66. The average Bonchev–Trinajstić information content (AvgIpc) is 3.16. The Labute approximate surface area is 178 Å². The first-order valence-electron chi connectivity index (χ1n) is 9.84. The summed E-state index contributed by atoms with van der Waals surface area (Å²) in [7, 11) is 1.85. The van der Waals surface area contributed by atoms with Crippen LogP contribution in [0.1, 0.15) is 45.1 Å². The zero-order chi connectivity index (χ0) is 18.4. The van der Waals surface area contributed by atoms with Crippen molar-refractivity contribution in [3.63, 3.8) is 0 Å². The van der Waals surface area contributed by atoms with E-state index in [0.29, 0.717) is 30.0 Å². The zero-order valence-electron chi connectivity index (χ0n) is 16.4. The fraction of sp³-hybridized carbons (Fsp3) is 0.789. The van der Waals surface area contributed by atoms with Crippen LogP contribution in [0.2, 0.25) is 0 Å². The van der Waals surface area contributed by atoms with Crippen LogP contribution in [0.5, 0.6) is 0 Å². The predicted octanol–water partition coefficient (Wildman–Crippen LogP) is 1.76. The van der Waals surface area contributed by atoms with Gasteiger partial charge in [-0.3, -0.25) is 4.68 Å². The predicted molar refractivity (Wildman–Crippen MR) is 115 cm³/mol. The molecule has 7 nitrogen and oxygen atoms in total. The van der Waals surface area contributed by atoms with Gasteiger partial charge in [-0.05, 0) is 33.1 Å². The molecule has 3 N–H and O–H groups in total. The van der Waals surface area contributed by atoms with Crippen molar-refractivity contribution >= 4 is 29.9 Å². The first-order valence-corrected chi connectivity index (χ1v) is 9.84. The summed E-state index contributed by atoms with van der Waals surface area (Å²) >= 11 is 0. The topological polar surface area (TPSA) is 83.7 Å². The van der Waals surface area contributed by atoms with Crippen molar-refractivity contribution in [3.05, 3.63) is 18.0 Å². The number of guanidine groups is 1. The summed E-state index contributed by atoms with van der Waals surface area (Å²) in [5, 5.41) is 22.0. The summed E-state index contributed by atoms with van der Waals surface area (Å²) in [5.41, 5.74) is 0.0510. The van der Waals surface area contributed by atoms with Crippen LogP contribution in [0.25, 0.3) is 0 Å². The van der Waals surface area contributed by atoms with Gasteiger partial charge in [-0.25, -0.2) is 4.99 Å². The normalized spacial score (nSPS) is 30.5. The van der Waals surface area contributed by atoms with Gasteiger partial charge in [0.15, 0.2) is 5.96 Å². The maximum absolute atomic E-state index is 10.8. The van der Waals surface area contributed by atoms with Crippen LogP contribution in [0.4, 0.5) is 0 Å². The number of halogens is 1. The van der Waals surface area contributed by atoms with Crippen molar-refractivity contribution in [2.45, 2.75) is 57.3 Å². The lowest BCUT2D eigenvalue weighted by atomic mass is 9.46. The number of aliphatic hydroxyl groups is 1. The molecule has 8 heteroatoms. The second kappa shape index (κ2) is 7.87. The molecule has 4 atom stereocenters. The highest BCUT2D eigenvalue weighted by Crippen LogP contribution is 2.62. The Hall–Kier alpha value is -0.870. The Morgan fingerprint density at radius 3 is 2.89 bits per heavy atom. The molecule has 1 spiro atoms. The van der Waals surface area contributed by atoms with Crippen molar-refractivity contribution in [1.29, 1.82) is 0 Å². The van der Waals surface area contributed by atoms with E-state index in [1.54, 1.807) is 17.8 Å². The SMILES string of the molecule is CCNC(=NCC(C)(O)c1cnn(C)c1)NC1C2CCOC2C12CCC2.I. The number of hydrogen-bond acceptors (Lipinski definition) is 4. The lowest BCUT2D eigenvalue weighted by Gasteiger charge is -2.63. The van der Waals surface area contributed by atoms with Crippen molar-refractivity contribution in [1.82, 2.24) is 20.4 Å². The van der Waals surface area contributed by atoms with E-state index in [9.17, 15) is 5.11 Å². The van der Waals surface area contributed by atoms with Crippen LogP contribution in [-0.2, 0) is 17.4 Å². The molecule has 27 heavy (non-hydrogen) atoms. The molecule has 152 valence electrons. The van der Waals surface area contributed by atoms with E-state index in [4.69, 9.17) is 9.73 Å². The van der Waals surface area contributed by atoms with Crippen LogP contribution in [-0.4, -0.2) is 52.7 Å². The molecule has 1 aliphatic heterocycles. The van der Waals surface area contributed by atoms with E-state index in [1.165, 1.54) is 19.3 Å². The van der Waals surface area contributed by atoms with Gasteiger partial charge in [0.2, 0.25) is 0 Å². The van der Waals surface area contributed by atoms with E-state index in [-0.39, 0.29) is 24.0 Å². The number of nitrogens with one attached hydrogen (secondary N) is 2. The van der Waals surface area contributed by atoms with E-state index >= 15 is 0 Å². The maximum atomic E-state index is 10.8. The molecular weight excluding hydrogens is 457 g/mol. The number of aliphatic imine (C=N–C) groups is 1. The van der Waals surface area contributed by atoms with Crippen molar-refractivity contribution in [2.75, 3.05) is 19.7 Å². The molecule has 0 radical (unpaired) electrons. The first kappa shape index (κ1) is 20.9. The largest absolute Gasteiger partial charge is 0.383 e. The second-order valence-electron chi connectivity index (χ2n) is 8.32. The zero-order valence-corrected chi connectivity index (χ0v) is 18.8. The number of hydrogen-bond donors (Lipinski definition) is 3. The highest BCUT2D eigenvalue weighted by molar-refractivity contribution is 14.0. The fourth-order valence-electron chi connectivity index (χ4n) is 4.95. The Morgan fingerprint density at radius 2 is 2.30 bits per heavy atom. The number of aromatic nitrogens is 2. The maximum Gasteiger partial charge on any atom is 0.191 e. The number of aryl methyl sites for hydroxylation is 1. The van der Waals surface area contributed by atoms with Gasteiger partial charge >= 0.3 is 0 Å².